The summed E-state index contributed by atoms with van der Waals surface area (Å²) in [7, 11) is 0. The van der Waals surface area contributed by atoms with E-state index in [1.165, 1.54) is 17.4 Å². The third kappa shape index (κ3) is 4.28. The van der Waals surface area contributed by atoms with Gasteiger partial charge in [0.15, 0.2) is 11.5 Å². The molecule has 1 aliphatic heterocycles. The molecule has 1 atom stereocenters. The van der Waals surface area contributed by atoms with Gasteiger partial charge in [0.1, 0.15) is 33.6 Å². The number of nitrogens with zero attached hydrogens (tertiary/aromatic N) is 7. The van der Waals surface area contributed by atoms with Crippen molar-refractivity contribution in [1.29, 1.82) is 0 Å². The van der Waals surface area contributed by atoms with Crippen LogP contribution in [-0.2, 0) is 11.3 Å². The third-order valence-corrected chi connectivity index (χ3v) is 8.39. The van der Waals surface area contributed by atoms with E-state index in [1.807, 2.05) is 54.3 Å². The number of halogens is 1. The number of thiazole rings is 1. The maximum atomic E-state index is 14.8. The number of fused-ring (bicyclic) bond motifs is 2. The summed E-state index contributed by atoms with van der Waals surface area (Å²) in [6.07, 6.45) is 3.37. The summed E-state index contributed by atoms with van der Waals surface area (Å²) in [5.74, 6) is 0.343. The number of para-hydroxylation sites is 2. The lowest BCUT2D eigenvalue weighted by Crippen LogP contribution is -2.54. The van der Waals surface area contributed by atoms with Crippen LogP contribution in [0.5, 0.6) is 0 Å². The fraction of sp³-hybridized carbons (Fsp3) is 0.207. The van der Waals surface area contributed by atoms with E-state index >= 15 is 0 Å². The van der Waals surface area contributed by atoms with Gasteiger partial charge in [-0.15, -0.1) is 0 Å². The van der Waals surface area contributed by atoms with E-state index in [0.29, 0.717) is 47.4 Å². The Balaban J connectivity index is 1.18. The molecule has 6 aromatic rings. The number of aromatic nitrogens is 6. The molecule has 0 aliphatic carbocycles. The van der Waals surface area contributed by atoms with Crippen molar-refractivity contribution in [3.8, 4) is 22.1 Å². The van der Waals surface area contributed by atoms with Gasteiger partial charge in [-0.3, -0.25) is 4.79 Å². The molecule has 7 rings (SSSR count). The summed E-state index contributed by atoms with van der Waals surface area (Å²) < 4.78 is 16.6. The monoisotopic (exact) mass is 552 g/mol. The van der Waals surface area contributed by atoms with Crippen molar-refractivity contribution >= 4 is 44.4 Å². The highest BCUT2D eigenvalue weighted by molar-refractivity contribution is 7.19. The van der Waals surface area contributed by atoms with E-state index in [4.69, 9.17) is 9.97 Å². The molecular weight excluding hydrogens is 527 g/mol. The Hall–Kier alpha value is -4.64. The second kappa shape index (κ2) is 9.83. The molecule has 0 radical (unpaired) electrons. The molecule has 9 nitrogen and oxygen atoms in total. The summed E-state index contributed by atoms with van der Waals surface area (Å²) in [6.45, 7) is 4.01. The van der Waals surface area contributed by atoms with Crippen LogP contribution in [0, 0.1) is 5.82 Å². The van der Waals surface area contributed by atoms with Crippen LogP contribution in [0.4, 0.5) is 9.39 Å². The lowest BCUT2D eigenvalue weighted by molar-refractivity contribution is -0.134. The number of hydrogen-bond donors (Lipinski definition) is 1. The fourth-order valence-corrected chi connectivity index (χ4v) is 6.39. The molecule has 11 heteroatoms. The fourth-order valence-electron chi connectivity index (χ4n) is 5.26. The Morgan fingerprint density at radius 3 is 2.70 bits per heavy atom. The molecule has 1 N–H and O–H groups in total. The number of carbonyl (C=O) groups is 1. The van der Waals surface area contributed by atoms with Crippen molar-refractivity contribution in [2.45, 2.75) is 19.5 Å². The molecule has 0 saturated carbocycles. The first-order valence-electron chi connectivity index (χ1n) is 13.1. The molecule has 1 aliphatic rings. The van der Waals surface area contributed by atoms with Crippen molar-refractivity contribution in [3.05, 3.63) is 79.0 Å². The van der Waals surface area contributed by atoms with Gasteiger partial charge < -0.3 is 19.4 Å². The second-order valence-electron chi connectivity index (χ2n) is 9.86. The van der Waals surface area contributed by atoms with Crippen molar-refractivity contribution in [2.75, 3.05) is 24.5 Å². The van der Waals surface area contributed by atoms with E-state index in [2.05, 4.69) is 19.9 Å². The predicted molar refractivity (Wildman–Crippen MR) is 154 cm³/mol. The molecule has 1 amide bonds. The number of amides is 1. The average Bonchev–Trinajstić information content (AvgIpc) is 3.70. The quantitative estimate of drug-likeness (QED) is 0.324. The van der Waals surface area contributed by atoms with Gasteiger partial charge in [-0.25, -0.2) is 24.3 Å². The van der Waals surface area contributed by atoms with Crippen LogP contribution in [0.3, 0.4) is 0 Å². The lowest BCUT2D eigenvalue weighted by atomic mass is 10.2. The third-order valence-electron chi connectivity index (χ3n) is 7.24. The zero-order valence-corrected chi connectivity index (χ0v) is 22.5. The van der Waals surface area contributed by atoms with Crippen LogP contribution in [-0.4, -0.2) is 66.0 Å². The molecule has 200 valence electrons. The van der Waals surface area contributed by atoms with Crippen molar-refractivity contribution < 1.29 is 9.18 Å². The summed E-state index contributed by atoms with van der Waals surface area (Å²) in [6, 6.07) is 18.2. The molecule has 1 fully saturated rings. The van der Waals surface area contributed by atoms with Crippen molar-refractivity contribution in [1.82, 2.24) is 34.4 Å². The molecule has 2 aromatic carbocycles. The number of pyridine rings is 1. The van der Waals surface area contributed by atoms with Crippen LogP contribution in [0.2, 0.25) is 0 Å². The Morgan fingerprint density at radius 2 is 1.85 bits per heavy atom. The van der Waals surface area contributed by atoms with Gasteiger partial charge >= 0.3 is 0 Å². The zero-order valence-electron chi connectivity index (χ0n) is 21.7. The van der Waals surface area contributed by atoms with Gasteiger partial charge in [-0.05, 0) is 43.3 Å². The lowest BCUT2D eigenvalue weighted by Gasteiger charge is -2.40. The van der Waals surface area contributed by atoms with E-state index in [0.717, 1.165) is 21.6 Å². The Morgan fingerprint density at radius 1 is 1.02 bits per heavy atom. The van der Waals surface area contributed by atoms with E-state index in [-0.39, 0.29) is 24.3 Å². The Bertz CT molecular complexity index is 1830. The number of H-pyrrole nitrogens is 1. The number of hydrogen-bond acceptors (Lipinski definition) is 7. The minimum absolute atomic E-state index is 0.0194. The SMILES string of the molecule is C[C@@H]1CN(c2sc(-c3ccccc3F)nc2-c2nc3ccccc3[nH]2)CCN1C(=O)Cn1cnc2cccnc21. The minimum atomic E-state index is -0.316. The first kappa shape index (κ1) is 24.4. The molecule has 5 heterocycles. The number of imidazole rings is 2. The highest BCUT2D eigenvalue weighted by Crippen LogP contribution is 2.41. The summed E-state index contributed by atoms with van der Waals surface area (Å²) in [4.78, 5) is 39.3. The number of carbonyl (C=O) groups excluding carboxylic acids is 1. The van der Waals surface area contributed by atoms with Crippen LogP contribution < -0.4 is 4.90 Å². The standard InChI is InChI=1S/C29H25FN8OS/c1-18-15-36(13-14-38(18)24(39)16-37-17-32-23-11-6-12-31-27(23)37)29-25(26-33-21-9-4-5-10-22(21)34-26)35-28(40-29)19-7-2-3-8-20(19)30/h2-12,17-18H,13-16H2,1H3,(H,33,34)/t18-/m1/s1. The van der Waals surface area contributed by atoms with E-state index in [9.17, 15) is 9.18 Å². The normalized spacial score (nSPS) is 15.8. The maximum absolute atomic E-state index is 14.8. The number of rotatable bonds is 5. The topological polar surface area (TPSA) is 95.8 Å². The Kier molecular flexibility index (Phi) is 6.00. The molecule has 0 bridgehead atoms. The zero-order chi connectivity index (χ0) is 27.2. The molecule has 4 aromatic heterocycles. The van der Waals surface area contributed by atoms with Crippen LogP contribution in [0.15, 0.2) is 73.2 Å². The van der Waals surface area contributed by atoms with Crippen molar-refractivity contribution in [2.24, 2.45) is 0 Å². The van der Waals surface area contributed by atoms with Crippen molar-refractivity contribution in [3.63, 3.8) is 0 Å². The maximum Gasteiger partial charge on any atom is 0.242 e. The summed E-state index contributed by atoms with van der Waals surface area (Å²) >= 11 is 1.45. The summed E-state index contributed by atoms with van der Waals surface area (Å²) in [5, 5.41) is 1.50. The minimum Gasteiger partial charge on any atom is -0.358 e. The smallest absolute Gasteiger partial charge is 0.242 e. The van der Waals surface area contributed by atoms with E-state index in [1.54, 1.807) is 29.2 Å². The van der Waals surface area contributed by atoms with Gasteiger partial charge in [0, 0.05) is 37.4 Å². The highest BCUT2D eigenvalue weighted by atomic mass is 32.1. The van der Waals surface area contributed by atoms with Gasteiger partial charge in [0.05, 0.1) is 17.4 Å². The largest absolute Gasteiger partial charge is 0.358 e. The molecular formula is C29H25FN8OS. The van der Waals surface area contributed by atoms with Crippen LogP contribution in [0.1, 0.15) is 6.92 Å². The van der Waals surface area contributed by atoms with Gasteiger partial charge in [-0.1, -0.05) is 35.6 Å². The predicted octanol–water partition coefficient (Wildman–Crippen LogP) is 4.97. The number of aromatic amines is 1. The van der Waals surface area contributed by atoms with Gasteiger partial charge in [0.25, 0.3) is 0 Å². The first-order chi connectivity index (χ1) is 19.5. The second-order valence-corrected chi connectivity index (χ2v) is 10.8. The first-order valence-corrected chi connectivity index (χ1v) is 13.9. The molecule has 40 heavy (non-hydrogen) atoms. The average molecular weight is 553 g/mol. The number of anilines is 1. The molecule has 0 unspecified atom stereocenters. The van der Waals surface area contributed by atoms with Gasteiger partial charge in [-0.2, -0.15) is 0 Å². The Labute approximate surface area is 233 Å². The summed E-state index contributed by atoms with van der Waals surface area (Å²) in [5.41, 5.74) is 4.36. The highest BCUT2D eigenvalue weighted by Gasteiger charge is 2.31. The van der Waals surface area contributed by atoms with E-state index < -0.39 is 0 Å². The molecule has 0 spiro atoms. The number of piperazine rings is 1. The van der Waals surface area contributed by atoms with Crippen LogP contribution >= 0.6 is 11.3 Å². The molecule has 1 saturated heterocycles. The van der Waals surface area contributed by atoms with Crippen LogP contribution in [0.25, 0.3) is 44.3 Å². The van der Waals surface area contributed by atoms with Gasteiger partial charge in [0.2, 0.25) is 5.91 Å². The number of nitrogens with one attached hydrogen (secondary N) is 1. The number of benzene rings is 2.